The molecule has 124 valence electrons. The van der Waals surface area contributed by atoms with Gasteiger partial charge in [0.2, 0.25) is 12.7 Å². The van der Waals surface area contributed by atoms with E-state index < -0.39 is 11.9 Å². The Bertz CT molecular complexity index is 662. The highest BCUT2D eigenvalue weighted by atomic mass is 35.5. The Labute approximate surface area is 144 Å². The van der Waals surface area contributed by atoms with Crippen molar-refractivity contribution in [1.29, 1.82) is 0 Å². The number of nitrogens with zero attached hydrogens (tertiary/aromatic N) is 1. The number of ether oxygens (including phenoxy) is 2. The Morgan fingerprint density at radius 3 is 2.83 bits per heavy atom. The van der Waals surface area contributed by atoms with Crippen LogP contribution in [0, 0.1) is 5.92 Å². The van der Waals surface area contributed by atoms with E-state index in [1.165, 1.54) is 11.0 Å². The zero-order valence-corrected chi connectivity index (χ0v) is 13.6. The number of halogens is 2. The fourth-order valence-corrected chi connectivity index (χ4v) is 2.79. The van der Waals surface area contributed by atoms with Gasteiger partial charge in [-0.25, -0.2) is 0 Å². The summed E-state index contributed by atoms with van der Waals surface area (Å²) in [7, 11) is 0. The molecule has 2 aliphatic rings. The summed E-state index contributed by atoms with van der Waals surface area (Å²) in [5.41, 5.74) is 0.719. The second-order valence-corrected chi connectivity index (χ2v) is 5.59. The number of carbonyl (C=O) groups is 2. The lowest BCUT2D eigenvalue weighted by molar-refractivity contribution is -0.141. The molecule has 6 nitrogen and oxygen atoms in total. The first-order valence-corrected chi connectivity index (χ1v) is 7.21. The van der Waals surface area contributed by atoms with Crippen molar-refractivity contribution in [3.8, 4) is 11.5 Å². The molecule has 1 aromatic rings. The van der Waals surface area contributed by atoms with Gasteiger partial charge in [0, 0.05) is 19.2 Å². The van der Waals surface area contributed by atoms with E-state index in [0.717, 1.165) is 5.56 Å². The molecule has 0 bridgehead atoms. The minimum atomic E-state index is -0.859. The molecule has 1 unspecified atom stereocenters. The molecule has 2 aliphatic heterocycles. The van der Waals surface area contributed by atoms with E-state index >= 15 is 0 Å². The number of hydrogen-bond acceptors (Lipinski definition) is 4. The van der Waals surface area contributed by atoms with Crippen LogP contribution in [0.25, 0.3) is 6.08 Å². The lowest BCUT2D eigenvalue weighted by Gasteiger charge is -2.12. The molecule has 0 spiro atoms. The fourth-order valence-electron chi connectivity index (χ4n) is 2.52. The second-order valence-electron chi connectivity index (χ2n) is 5.18. The molecule has 0 aromatic heterocycles. The Balaban J connectivity index is 0.00000192. The summed E-state index contributed by atoms with van der Waals surface area (Å²) >= 11 is 6.07. The molecule has 1 N–H and O–H groups in total. The smallest absolute Gasteiger partial charge is 0.308 e. The maximum atomic E-state index is 12.1. The van der Waals surface area contributed by atoms with E-state index in [4.69, 9.17) is 26.2 Å². The van der Waals surface area contributed by atoms with Gasteiger partial charge in [-0.15, -0.1) is 12.4 Å². The summed E-state index contributed by atoms with van der Waals surface area (Å²) in [5.74, 6) is -0.489. The van der Waals surface area contributed by atoms with Crippen molar-refractivity contribution in [2.24, 2.45) is 5.92 Å². The highest BCUT2D eigenvalue weighted by Crippen LogP contribution is 2.40. The number of fused-ring (bicyclic) bond motifs is 1. The summed E-state index contributed by atoms with van der Waals surface area (Å²) in [5, 5.41) is 9.37. The van der Waals surface area contributed by atoms with E-state index in [1.54, 1.807) is 18.2 Å². The number of likely N-dealkylation sites (tertiary alicyclic amines) is 1. The van der Waals surface area contributed by atoms with Gasteiger partial charge in [0.1, 0.15) is 0 Å². The van der Waals surface area contributed by atoms with E-state index in [-0.39, 0.29) is 31.7 Å². The van der Waals surface area contributed by atoms with Crippen molar-refractivity contribution in [1.82, 2.24) is 4.90 Å². The van der Waals surface area contributed by atoms with Gasteiger partial charge in [0.15, 0.2) is 11.5 Å². The summed E-state index contributed by atoms with van der Waals surface area (Å²) in [6.45, 7) is 0.841. The largest absolute Gasteiger partial charge is 0.481 e. The minimum absolute atomic E-state index is 0. The molecule has 8 heteroatoms. The van der Waals surface area contributed by atoms with Crippen molar-refractivity contribution in [3.05, 3.63) is 28.8 Å². The number of carboxylic acid groups (broad SMARTS) is 1. The Hall–Kier alpha value is -1.92. The normalized spacial score (nSPS) is 19.0. The molecule has 0 saturated carbocycles. The zero-order chi connectivity index (χ0) is 15.7. The van der Waals surface area contributed by atoms with Crippen LogP contribution in [0.5, 0.6) is 11.5 Å². The molecular weight excluding hydrogens is 345 g/mol. The average Bonchev–Trinajstić information content (AvgIpc) is 3.13. The van der Waals surface area contributed by atoms with Crippen molar-refractivity contribution in [3.63, 3.8) is 0 Å². The number of hydrogen-bond donors (Lipinski definition) is 1. The van der Waals surface area contributed by atoms with Crippen LogP contribution < -0.4 is 9.47 Å². The summed E-state index contributed by atoms with van der Waals surface area (Å²) in [6, 6.07) is 3.42. The Kier molecular flexibility index (Phi) is 5.38. The number of rotatable bonds is 3. The summed E-state index contributed by atoms with van der Waals surface area (Å²) in [6.07, 6.45) is 3.53. The molecule has 23 heavy (non-hydrogen) atoms. The van der Waals surface area contributed by atoms with Gasteiger partial charge in [0.05, 0.1) is 10.9 Å². The average molecular weight is 360 g/mol. The van der Waals surface area contributed by atoms with E-state index in [9.17, 15) is 9.59 Å². The van der Waals surface area contributed by atoms with Crippen LogP contribution in [0.1, 0.15) is 12.0 Å². The quantitative estimate of drug-likeness (QED) is 0.838. The standard InChI is InChI=1S/C15H14ClNO5.ClH/c16-11-5-9(6-12-14(11)22-8-21-12)1-2-13(18)17-4-3-10(7-17)15(19)20;/h1-2,5-6,10H,3-4,7-8H2,(H,19,20);1H. The number of amides is 1. The molecule has 0 aliphatic carbocycles. The zero-order valence-electron chi connectivity index (χ0n) is 12.0. The van der Waals surface area contributed by atoms with Crippen LogP contribution >= 0.6 is 24.0 Å². The molecule has 1 saturated heterocycles. The topological polar surface area (TPSA) is 76.1 Å². The lowest BCUT2D eigenvalue weighted by atomic mass is 10.1. The molecule has 3 rings (SSSR count). The first-order chi connectivity index (χ1) is 10.5. The van der Waals surface area contributed by atoms with Crippen LogP contribution in [0.3, 0.4) is 0 Å². The molecule has 2 heterocycles. The minimum Gasteiger partial charge on any atom is -0.481 e. The number of carbonyl (C=O) groups excluding carboxylic acids is 1. The molecule has 1 atom stereocenters. The summed E-state index contributed by atoms with van der Waals surface area (Å²) < 4.78 is 10.5. The van der Waals surface area contributed by atoms with Crippen LogP contribution in [-0.2, 0) is 9.59 Å². The monoisotopic (exact) mass is 359 g/mol. The van der Waals surface area contributed by atoms with E-state index in [0.29, 0.717) is 29.5 Å². The molecule has 0 radical (unpaired) electrons. The van der Waals surface area contributed by atoms with Gasteiger partial charge >= 0.3 is 5.97 Å². The number of carboxylic acids is 1. The fraction of sp³-hybridized carbons (Fsp3) is 0.333. The van der Waals surface area contributed by atoms with Crippen molar-refractivity contribution >= 4 is 42.0 Å². The predicted octanol–water partition coefficient (Wildman–Crippen LogP) is 2.44. The highest BCUT2D eigenvalue weighted by Gasteiger charge is 2.29. The number of benzene rings is 1. The van der Waals surface area contributed by atoms with Crippen molar-refractivity contribution < 1.29 is 24.2 Å². The first kappa shape index (κ1) is 17.4. The molecular formula is C15H15Cl2NO5. The van der Waals surface area contributed by atoms with Gasteiger partial charge in [-0.1, -0.05) is 11.6 Å². The highest BCUT2D eigenvalue weighted by molar-refractivity contribution is 6.32. The third-order valence-corrected chi connectivity index (χ3v) is 4.00. The van der Waals surface area contributed by atoms with Gasteiger partial charge in [-0.2, -0.15) is 0 Å². The molecule has 1 aromatic carbocycles. The Morgan fingerprint density at radius 2 is 2.13 bits per heavy atom. The maximum Gasteiger partial charge on any atom is 0.308 e. The maximum absolute atomic E-state index is 12.1. The van der Waals surface area contributed by atoms with Crippen molar-refractivity contribution in [2.45, 2.75) is 6.42 Å². The van der Waals surface area contributed by atoms with Gasteiger partial charge in [-0.3, -0.25) is 9.59 Å². The van der Waals surface area contributed by atoms with Gasteiger partial charge < -0.3 is 19.5 Å². The SMILES string of the molecule is Cl.O=C(O)C1CCN(C(=O)C=Cc2cc(Cl)c3c(c2)OCO3)C1. The Morgan fingerprint density at radius 1 is 1.35 bits per heavy atom. The number of aliphatic carboxylic acids is 1. The molecule has 1 fully saturated rings. The van der Waals surface area contributed by atoms with Crippen LogP contribution in [0.4, 0.5) is 0 Å². The van der Waals surface area contributed by atoms with Crippen LogP contribution in [-0.4, -0.2) is 41.8 Å². The first-order valence-electron chi connectivity index (χ1n) is 6.83. The second kappa shape index (κ2) is 7.10. The predicted molar refractivity (Wildman–Crippen MR) is 86.2 cm³/mol. The van der Waals surface area contributed by atoms with Gasteiger partial charge in [-0.05, 0) is 30.2 Å². The van der Waals surface area contributed by atoms with E-state index in [1.807, 2.05) is 0 Å². The van der Waals surface area contributed by atoms with Crippen LogP contribution in [0.15, 0.2) is 18.2 Å². The third-order valence-electron chi connectivity index (χ3n) is 3.72. The van der Waals surface area contributed by atoms with Crippen molar-refractivity contribution in [2.75, 3.05) is 19.9 Å². The van der Waals surface area contributed by atoms with E-state index in [2.05, 4.69) is 0 Å². The lowest BCUT2D eigenvalue weighted by Crippen LogP contribution is -2.28. The van der Waals surface area contributed by atoms with Gasteiger partial charge in [0.25, 0.3) is 0 Å². The third kappa shape index (κ3) is 3.71. The molecule has 1 amide bonds. The van der Waals surface area contributed by atoms with Crippen LogP contribution in [0.2, 0.25) is 5.02 Å². The summed E-state index contributed by atoms with van der Waals surface area (Å²) in [4.78, 5) is 24.5.